The van der Waals surface area contributed by atoms with E-state index in [9.17, 15) is 4.79 Å². The summed E-state index contributed by atoms with van der Waals surface area (Å²) in [5, 5.41) is 14.3. The van der Waals surface area contributed by atoms with Gasteiger partial charge in [0.05, 0.1) is 6.54 Å². The fourth-order valence-electron chi connectivity index (χ4n) is 2.19. The number of halogens is 1. The van der Waals surface area contributed by atoms with Gasteiger partial charge in [0.1, 0.15) is 5.76 Å². The van der Waals surface area contributed by atoms with E-state index in [2.05, 4.69) is 21.2 Å². The monoisotopic (exact) mass is 345 g/mol. The highest BCUT2D eigenvalue weighted by Gasteiger charge is 2.09. The van der Waals surface area contributed by atoms with Gasteiger partial charge in [0.2, 0.25) is 5.76 Å². The van der Waals surface area contributed by atoms with Gasteiger partial charge in [0.15, 0.2) is 0 Å². The van der Waals surface area contributed by atoms with Crippen LogP contribution in [0.25, 0.3) is 10.8 Å². The number of benzene rings is 2. The van der Waals surface area contributed by atoms with E-state index < -0.39 is 5.97 Å². The number of carbonyl (C=O) groups is 1. The van der Waals surface area contributed by atoms with Gasteiger partial charge in [0, 0.05) is 15.5 Å². The van der Waals surface area contributed by atoms with E-state index >= 15 is 0 Å². The predicted octanol–water partition coefficient (Wildman–Crippen LogP) is 4.51. The van der Waals surface area contributed by atoms with Crippen LogP contribution < -0.4 is 5.32 Å². The average molecular weight is 346 g/mol. The molecule has 106 valence electrons. The summed E-state index contributed by atoms with van der Waals surface area (Å²) in [6, 6.07) is 15.1. The molecule has 0 spiro atoms. The molecule has 0 fully saturated rings. The number of carboxylic acid groups (broad SMARTS) is 1. The number of aromatic carboxylic acids is 1. The number of hydrogen-bond donors (Lipinski definition) is 2. The van der Waals surface area contributed by atoms with Crippen molar-refractivity contribution in [2.75, 3.05) is 5.32 Å². The van der Waals surface area contributed by atoms with Crippen LogP contribution in [0.5, 0.6) is 0 Å². The zero-order valence-corrected chi connectivity index (χ0v) is 12.6. The van der Waals surface area contributed by atoms with E-state index in [4.69, 9.17) is 9.52 Å². The molecule has 1 heterocycles. The van der Waals surface area contributed by atoms with E-state index in [1.165, 1.54) is 6.07 Å². The molecule has 21 heavy (non-hydrogen) atoms. The Balaban J connectivity index is 1.85. The Labute approximate surface area is 129 Å². The summed E-state index contributed by atoms with van der Waals surface area (Å²) >= 11 is 3.53. The molecule has 2 N–H and O–H groups in total. The number of rotatable bonds is 4. The molecule has 0 saturated carbocycles. The van der Waals surface area contributed by atoms with E-state index in [-0.39, 0.29) is 5.76 Å². The molecule has 0 saturated heterocycles. The van der Waals surface area contributed by atoms with Crippen LogP contribution in [0, 0.1) is 0 Å². The first-order valence-corrected chi connectivity index (χ1v) is 7.17. The van der Waals surface area contributed by atoms with Gasteiger partial charge >= 0.3 is 5.97 Å². The van der Waals surface area contributed by atoms with Crippen molar-refractivity contribution in [1.82, 2.24) is 0 Å². The van der Waals surface area contributed by atoms with Crippen molar-refractivity contribution in [1.29, 1.82) is 0 Å². The van der Waals surface area contributed by atoms with Crippen LogP contribution in [0.4, 0.5) is 5.69 Å². The van der Waals surface area contributed by atoms with Crippen LogP contribution in [-0.4, -0.2) is 11.1 Å². The summed E-state index contributed by atoms with van der Waals surface area (Å²) < 4.78 is 6.27. The van der Waals surface area contributed by atoms with Gasteiger partial charge < -0.3 is 14.8 Å². The highest BCUT2D eigenvalue weighted by Crippen LogP contribution is 2.30. The van der Waals surface area contributed by atoms with Gasteiger partial charge in [-0.25, -0.2) is 4.79 Å². The summed E-state index contributed by atoms with van der Waals surface area (Å²) in [6.45, 7) is 0.429. The molecule has 0 bridgehead atoms. The third-order valence-corrected chi connectivity index (χ3v) is 3.89. The fraction of sp³-hybridized carbons (Fsp3) is 0.0625. The molecule has 3 rings (SSSR count). The van der Waals surface area contributed by atoms with Crippen LogP contribution >= 0.6 is 15.9 Å². The zero-order chi connectivity index (χ0) is 14.8. The second kappa shape index (κ2) is 5.61. The second-order valence-corrected chi connectivity index (χ2v) is 5.42. The van der Waals surface area contributed by atoms with Crippen molar-refractivity contribution in [3.05, 3.63) is 64.5 Å². The number of hydrogen-bond acceptors (Lipinski definition) is 3. The molecule has 0 aliphatic carbocycles. The molecule has 2 aromatic carbocycles. The lowest BCUT2D eigenvalue weighted by Gasteiger charge is -2.09. The van der Waals surface area contributed by atoms with Crippen LogP contribution in [0.2, 0.25) is 0 Å². The Morgan fingerprint density at radius 3 is 2.57 bits per heavy atom. The molecule has 5 heteroatoms. The molecule has 0 aliphatic rings. The minimum Gasteiger partial charge on any atom is -0.475 e. The van der Waals surface area contributed by atoms with Crippen LogP contribution in [0.1, 0.15) is 16.3 Å². The normalized spacial score (nSPS) is 10.7. The van der Waals surface area contributed by atoms with Crippen molar-refractivity contribution in [3.63, 3.8) is 0 Å². The quantitative estimate of drug-likeness (QED) is 0.730. The minimum absolute atomic E-state index is 0.0486. The lowest BCUT2D eigenvalue weighted by molar-refractivity contribution is 0.0660. The first-order chi connectivity index (χ1) is 10.1. The van der Waals surface area contributed by atoms with Gasteiger partial charge in [-0.3, -0.25) is 0 Å². The third kappa shape index (κ3) is 2.78. The standard InChI is InChI=1S/C16H12BrNO3/c17-13-6-7-14(12-4-2-1-3-11(12)13)18-9-10-5-8-15(21-10)16(19)20/h1-8,18H,9H2,(H,19,20). The summed E-state index contributed by atoms with van der Waals surface area (Å²) in [6.07, 6.45) is 0. The third-order valence-electron chi connectivity index (χ3n) is 3.20. The van der Waals surface area contributed by atoms with E-state index in [0.29, 0.717) is 12.3 Å². The van der Waals surface area contributed by atoms with Crippen molar-refractivity contribution >= 4 is 38.4 Å². The van der Waals surface area contributed by atoms with Crippen LogP contribution in [-0.2, 0) is 6.54 Å². The Kier molecular flexibility index (Phi) is 3.66. The van der Waals surface area contributed by atoms with Gasteiger partial charge in [-0.15, -0.1) is 0 Å². The van der Waals surface area contributed by atoms with Gasteiger partial charge in [0.25, 0.3) is 0 Å². The zero-order valence-electron chi connectivity index (χ0n) is 11.0. The molecule has 0 radical (unpaired) electrons. The Bertz CT molecular complexity index is 810. The molecule has 3 aromatic rings. The number of nitrogens with one attached hydrogen (secondary N) is 1. The lowest BCUT2D eigenvalue weighted by atomic mass is 10.1. The smallest absolute Gasteiger partial charge is 0.371 e. The highest BCUT2D eigenvalue weighted by atomic mass is 79.9. The largest absolute Gasteiger partial charge is 0.475 e. The van der Waals surface area contributed by atoms with E-state index in [1.807, 2.05) is 36.4 Å². The summed E-state index contributed by atoms with van der Waals surface area (Å²) in [7, 11) is 0. The number of fused-ring (bicyclic) bond motifs is 1. The number of carboxylic acids is 1. The maximum atomic E-state index is 10.8. The van der Waals surface area contributed by atoms with E-state index in [0.717, 1.165) is 20.9 Å². The summed E-state index contributed by atoms with van der Waals surface area (Å²) in [5.74, 6) is -0.526. The number of anilines is 1. The fourth-order valence-corrected chi connectivity index (χ4v) is 2.66. The Morgan fingerprint density at radius 1 is 1.10 bits per heavy atom. The second-order valence-electron chi connectivity index (χ2n) is 4.57. The highest BCUT2D eigenvalue weighted by molar-refractivity contribution is 9.10. The molecular weight excluding hydrogens is 334 g/mol. The van der Waals surface area contributed by atoms with Crippen molar-refractivity contribution in [3.8, 4) is 0 Å². The van der Waals surface area contributed by atoms with Crippen molar-refractivity contribution < 1.29 is 14.3 Å². The summed E-state index contributed by atoms with van der Waals surface area (Å²) in [4.78, 5) is 10.8. The van der Waals surface area contributed by atoms with Gasteiger partial charge in [-0.05, 0) is 29.7 Å². The van der Waals surface area contributed by atoms with Gasteiger partial charge in [-0.2, -0.15) is 0 Å². The minimum atomic E-state index is -1.06. The van der Waals surface area contributed by atoms with Crippen molar-refractivity contribution in [2.24, 2.45) is 0 Å². The van der Waals surface area contributed by atoms with E-state index in [1.54, 1.807) is 6.07 Å². The topological polar surface area (TPSA) is 62.5 Å². The lowest BCUT2D eigenvalue weighted by Crippen LogP contribution is -1.99. The summed E-state index contributed by atoms with van der Waals surface area (Å²) in [5.41, 5.74) is 0.974. The SMILES string of the molecule is O=C(O)c1ccc(CNc2ccc(Br)c3ccccc23)o1. The number of furan rings is 1. The molecule has 4 nitrogen and oxygen atoms in total. The van der Waals surface area contributed by atoms with Gasteiger partial charge in [-0.1, -0.05) is 40.2 Å². The maximum absolute atomic E-state index is 10.8. The molecule has 0 amide bonds. The first kappa shape index (κ1) is 13.7. The van der Waals surface area contributed by atoms with Crippen LogP contribution in [0.3, 0.4) is 0 Å². The predicted molar refractivity (Wildman–Crippen MR) is 84.6 cm³/mol. The van der Waals surface area contributed by atoms with Crippen LogP contribution in [0.15, 0.2) is 57.4 Å². The molecule has 0 unspecified atom stereocenters. The maximum Gasteiger partial charge on any atom is 0.371 e. The Hall–Kier alpha value is -2.27. The first-order valence-electron chi connectivity index (χ1n) is 6.38. The van der Waals surface area contributed by atoms with Crippen molar-refractivity contribution in [2.45, 2.75) is 6.54 Å². The molecule has 0 aliphatic heterocycles. The molecular formula is C16H12BrNO3. The average Bonchev–Trinajstić information content (AvgIpc) is 2.96. The molecule has 1 aromatic heterocycles. The Morgan fingerprint density at radius 2 is 1.86 bits per heavy atom. The molecule has 0 atom stereocenters.